The number of aromatic nitrogens is 2. The summed E-state index contributed by atoms with van der Waals surface area (Å²) in [6.45, 7) is 0.143. The Balaban J connectivity index is 1.72. The SMILES string of the molecule is O=C(Nc1nn(Cc2c(F)cccc2Cl)cc1Cl)C1CCCCC1. The van der Waals surface area contributed by atoms with Crippen LogP contribution in [-0.4, -0.2) is 15.7 Å². The molecule has 0 atom stereocenters. The number of carbonyl (C=O) groups excluding carboxylic acids is 1. The molecule has 0 bridgehead atoms. The third-order valence-corrected chi connectivity index (χ3v) is 4.95. The summed E-state index contributed by atoms with van der Waals surface area (Å²) in [5.41, 5.74) is 0.337. The molecule has 1 aliphatic carbocycles. The van der Waals surface area contributed by atoms with Gasteiger partial charge in [0, 0.05) is 22.7 Å². The van der Waals surface area contributed by atoms with Crippen LogP contribution in [-0.2, 0) is 11.3 Å². The molecule has 1 aromatic heterocycles. The minimum Gasteiger partial charge on any atom is -0.308 e. The number of carbonyl (C=O) groups is 1. The number of hydrogen-bond donors (Lipinski definition) is 1. The number of anilines is 1. The van der Waals surface area contributed by atoms with Gasteiger partial charge < -0.3 is 5.32 Å². The van der Waals surface area contributed by atoms with E-state index in [4.69, 9.17) is 23.2 Å². The van der Waals surface area contributed by atoms with E-state index in [0.29, 0.717) is 21.4 Å². The summed E-state index contributed by atoms with van der Waals surface area (Å²) in [5.74, 6) is -0.131. The highest BCUT2D eigenvalue weighted by atomic mass is 35.5. The summed E-state index contributed by atoms with van der Waals surface area (Å²) in [6, 6.07) is 4.52. The fraction of sp³-hybridized carbons (Fsp3) is 0.412. The maximum Gasteiger partial charge on any atom is 0.228 e. The van der Waals surface area contributed by atoms with Crippen LogP contribution in [0.4, 0.5) is 10.2 Å². The molecular weight excluding hydrogens is 352 g/mol. The zero-order chi connectivity index (χ0) is 17.1. The number of benzene rings is 1. The minimum atomic E-state index is -0.401. The zero-order valence-corrected chi connectivity index (χ0v) is 14.6. The second-order valence-corrected chi connectivity index (χ2v) is 6.86. The predicted octanol–water partition coefficient (Wildman–Crippen LogP) is 4.90. The normalized spacial score (nSPS) is 15.5. The highest BCUT2D eigenvalue weighted by Crippen LogP contribution is 2.27. The van der Waals surface area contributed by atoms with Gasteiger partial charge in [0.05, 0.1) is 6.54 Å². The van der Waals surface area contributed by atoms with E-state index in [2.05, 4.69) is 10.4 Å². The molecule has 0 saturated heterocycles. The smallest absolute Gasteiger partial charge is 0.228 e. The Kier molecular flexibility index (Phi) is 5.41. The summed E-state index contributed by atoms with van der Waals surface area (Å²) >= 11 is 12.2. The van der Waals surface area contributed by atoms with Gasteiger partial charge in [-0.3, -0.25) is 9.48 Å². The summed E-state index contributed by atoms with van der Waals surface area (Å²) in [6.07, 6.45) is 6.69. The molecule has 2 aromatic rings. The number of nitrogens with zero attached hydrogens (tertiary/aromatic N) is 2. The molecule has 0 aliphatic heterocycles. The second kappa shape index (κ2) is 7.53. The van der Waals surface area contributed by atoms with Gasteiger partial charge in [0.2, 0.25) is 5.91 Å². The van der Waals surface area contributed by atoms with Crippen molar-refractivity contribution in [1.82, 2.24) is 9.78 Å². The van der Waals surface area contributed by atoms with Crippen molar-refractivity contribution in [2.45, 2.75) is 38.6 Å². The number of halogens is 3. The van der Waals surface area contributed by atoms with Gasteiger partial charge in [-0.2, -0.15) is 5.10 Å². The van der Waals surface area contributed by atoms with Crippen LogP contribution >= 0.6 is 23.2 Å². The Hall–Kier alpha value is -1.59. The van der Waals surface area contributed by atoms with Crippen molar-refractivity contribution in [3.05, 3.63) is 45.8 Å². The second-order valence-electron chi connectivity index (χ2n) is 6.05. The lowest BCUT2D eigenvalue weighted by atomic mass is 9.89. The van der Waals surface area contributed by atoms with Crippen LogP contribution in [0.3, 0.4) is 0 Å². The Morgan fingerprint density at radius 3 is 2.71 bits per heavy atom. The third-order valence-electron chi connectivity index (χ3n) is 4.32. The van der Waals surface area contributed by atoms with Crippen LogP contribution in [0.1, 0.15) is 37.7 Å². The van der Waals surface area contributed by atoms with Crippen molar-refractivity contribution in [2.75, 3.05) is 5.32 Å². The molecule has 128 valence electrons. The van der Waals surface area contributed by atoms with E-state index >= 15 is 0 Å². The summed E-state index contributed by atoms with van der Waals surface area (Å²) in [7, 11) is 0. The largest absolute Gasteiger partial charge is 0.308 e. The van der Waals surface area contributed by atoms with Crippen molar-refractivity contribution in [2.24, 2.45) is 5.92 Å². The molecule has 1 amide bonds. The van der Waals surface area contributed by atoms with Gasteiger partial charge in [-0.1, -0.05) is 48.5 Å². The summed E-state index contributed by atoms with van der Waals surface area (Å²) < 4.78 is 15.3. The highest BCUT2D eigenvalue weighted by molar-refractivity contribution is 6.33. The molecule has 0 unspecified atom stereocenters. The molecule has 1 fully saturated rings. The summed E-state index contributed by atoms with van der Waals surface area (Å²) in [4.78, 5) is 12.3. The molecule has 7 heteroatoms. The average Bonchev–Trinajstić information content (AvgIpc) is 2.91. The van der Waals surface area contributed by atoms with Crippen LogP contribution in [0.2, 0.25) is 10.0 Å². The first-order valence-electron chi connectivity index (χ1n) is 8.01. The van der Waals surface area contributed by atoms with Crippen molar-refractivity contribution in [1.29, 1.82) is 0 Å². The Morgan fingerprint density at radius 2 is 2.00 bits per heavy atom. The first kappa shape index (κ1) is 17.2. The van der Waals surface area contributed by atoms with Crippen LogP contribution in [0, 0.1) is 11.7 Å². The molecule has 1 aromatic carbocycles. The lowest BCUT2D eigenvalue weighted by Gasteiger charge is -2.20. The van der Waals surface area contributed by atoms with Gasteiger partial charge in [-0.15, -0.1) is 0 Å². The van der Waals surface area contributed by atoms with Crippen LogP contribution in [0.15, 0.2) is 24.4 Å². The molecule has 1 heterocycles. The van der Waals surface area contributed by atoms with E-state index in [1.807, 2.05) is 0 Å². The molecule has 4 nitrogen and oxygen atoms in total. The highest BCUT2D eigenvalue weighted by Gasteiger charge is 2.22. The Bertz CT molecular complexity index is 721. The molecule has 0 spiro atoms. The van der Waals surface area contributed by atoms with Crippen molar-refractivity contribution in [3.63, 3.8) is 0 Å². The fourth-order valence-corrected chi connectivity index (χ4v) is 3.41. The topological polar surface area (TPSA) is 46.9 Å². The molecule has 1 saturated carbocycles. The molecule has 24 heavy (non-hydrogen) atoms. The van der Waals surface area contributed by atoms with Crippen LogP contribution < -0.4 is 5.32 Å². The monoisotopic (exact) mass is 369 g/mol. The van der Waals surface area contributed by atoms with Gasteiger partial charge in [0.25, 0.3) is 0 Å². The number of nitrogens with one attached hydrogen (secondary N) is 1. The first-order chi connectivity index (χ1) is 11.5. The lowest BCUT2D eigenvalue weighted by Crippen LogP contribution is -2.25. The van der Waals surface area contributed by atoms with Gasteiger partial charge >= 0.3 is 0 Å². The number of amides is 1. The predicted molar refractivity (Wildman–Crippen MR) is 93.0 cm³/mol. The van der Waals surface area contributed by atoms with E-state index < -0.39 is 5.82 Å². The van der Waals surface area contributed by atoms with Gasteiger partial charge in [-0.25, -0.2) is 4.39 Å². The number of hydrogen-bond acceptors (Lipinski definition) is 2. The van der Waals surface area contributed by atoms with E-state index in [-0.39, 0.29) is 18.4 Å². The van der Waals surface area contributed by atoms with Crippen molar-refractivity contribution < 1.29 is 9.18 Å². The van der Waals surface area contributed by atoms with Crippen LogP contribution in [0.25, 0.3) is 0 Å². The first-order valence-corrected chi connectivity index (χ1v) is 8.77. The molecule has 3 rings (SSSR count). The molecule has 0 radical (unpaired) electrons. The molecule has 1 aliphatic rings. The van der Waals surface area contributed by atoms with E-state index in [1.165, 1.54) is 17.2 Å². The quantitative estimate of drug-likeness (QED) is 0.833. The van der Waals surface area contributed by atoms with Crippen molar-refractivity contribution >= 4 is 34.9 Å². The van der Waals surface area contributed by atoms with Gasteiger partial charge in [0.1, 0.15) is 10.8 Å². The van der Waals surface area contributed by atoms with Crippen LogP contribution in [0.5, 0.6) is 0 Å². The van der Waals surface area contributed by atoms with E-state index in [1.54, 1.807) is 18.3 Å². The minimum absolute atomic E-state index is 0.0148. The third kappa shape index (κ3) is 3.90. The summed E-state index contributed by atoms with van der Waals surface area (Å²) in [5, 5.41) is 7.69. The van der Waals surface area contributed by atoms with Gasteiger partial charge in [-0.05, 0) is 25.0 Å². The maximum atomic E-state index is 13.9. The van der Waals surface area contributed by atoms with E-state index in [0.717, 1.165) is 25.7 Å². The van der Waals surface area contributed by atoms with Crippen molar-refractivity contribution in [3.8, 4) is 0 Å². The molecule has 1 N–H and O–H groups in total. The van der Waals surface area contributed by atoms with E-state index in [9.17, 15) is 9.18 Å². The van der Waals surface area contributed by atoms with Gasteiger partial charge in [0.15, 0.2) is 5.82 Å². The fourth-order valence-electron chi connectivity index (χ4n) is 2.99. The maximum absolute atomic E-state index is 13.9. The lowest BCUT2D eigenvalue weighted by molar-refractivity contribution is -0.120. The average molecular weight is 370 g/mol. The number of rotatable bonds is 4. The zero-order valence-electron chi connectivity index (χ0n) is 13.1. The standard InChI is InChI=1S/C17H18Cl2FN3O/c18-13-7-4-8-15(20)12(13)9-23-10-14(19)16(22-23)21-17(24)11-5-2-1-3-6-11/h4,7-8,10-11H,1-3,5-6,9H2,(H,21,22,24). The molecular formula is C17H18Cl2FN3O. The Labute approximate surface area is 149 Å². The Morgan fingerprint density at radius 1 is 1.25 bits per heavy atom.